The number of hydrogen-bond donors (Lipinski definition) is 1. The Morgan fingerprint density at radius 2 is 1.68 bits per heavy atom. The van der Waals surface area contributed by atoms with Gasteiger partial charge < -0.3 is 14.5 Å². The average molecular weight is 517 g/mol. The smallest absolute Gasteiger partial charge is 0.265 e. The average Bonchev–Trinajstić information content (AvgIpc) is 2.79. The predicted octanol–water partition coefficient (Wildman–Crippen LogP) is 7.44. The number of carbonyl (C=O) groups excluding carboxylic acids is 1. The van der Waals surface area contributed by atoms with Crippen LogP contribution in [0.4, 0.5) is 5.69 Å². The van der Waals surface area contributed by atoms with E-state index in [-0.39, 0.29) is 32.5 Å². The third-order valence-corrected chi connectivity index (χ3v) is 6.04. The second-order valence-corrected chi connectivity index (χ2v) is 9.21. The molecule has 4 rings (SSSR count). The van der Waals surface area contributed by atoms with Crippen molar-refractivity contribution in [3.05, 3.63) is 91.0 Å². The SMILES string of the molecule is Cc1ccc(-c2oc3c(Cl)cc(Cl)cc3c(=O)c2OC(C)C(=O)Nc2cc(Cl)ccc2C)cc1. The third-order valence-electron chi connectivity index (χ3n) is 5.30. The van der Waals surface area contributed by atoms with Gasteiger partial charge >= 0.3 is 0 Å². The summed E-state index contributed by atoms with van der Waals surface area (Å²) in [5.41, 5.74) is 2.72. The summed E-state index contributed by atoms with van der Waals surface area (Å²) in [6.45, 7) is 5.34. The van der Waals surface area contributed by atoms with Crippen LogP contribution in [0.25, 0.3) is 22.3 Å². The quantitative estimate of drug-likeness (QED) is 0.299. The fourth-order valence-corrected chi connectivity index (χ4v) is 4.11. The van der Waals surface area contributed by atoms with Crippen molar-refractivity contribution in [3.63, 3.8) is 0 Å². The molecule has 5 nitrogen and oxygen atoms in total. The molecule has 1 unspecified atom stereocenters. The summed E-state index contributed by atoms with van der Waals surface area (Å²) in [6.07, 6.45) is -1.03. The molecule has 1 heterocycles. The monoisotopic (exact) mass is 515 g/mol. The van der Waals surface area contributed by atoms with Gasteiger partial charge in [0.2, 0.25) is 11.2 Å². The van der Waals surface area contributed by atoms with Gasteiger partial charge in [-0.1, -0.05) is 70.7 Å². The summed E-state index contributed by atoms with van der Waals surface area (Å²) in [4.78, 5) is 26.4. The first-order valence-corrected chi connectivity index (χ1v) is 11.5. The van der Waals surface area contributed by atoms with Gasteiger partial charge in [0.25, 0.3) is 5.91 Å². The zero-order valence-corrected chi connectivity index (χ0v) is 20.8. The van der Waals surface area contributed by atoms with Crippen LogP contribution < -0.4 is 15.5 Å². The van der Waals surface area contributed by atoms with E-state index in [2.05, 4.69) is 5.32 Å². The second kappa shape index (κ2) is 9.71. The maximum absolute atomic E-state index is 13.5. The molecule has 0 saturated heterocycles. The summed E-state index contributed by atoms with van der Waals surface area (Å²) in [5.74, 6) is -0.399. The molecular weight excluding hydrogens is 497 g/mol. The van der Waals surface area contributed by atoms with Crippen molar-refractivity contribution < 1.29 is 13.9 Å². The fourth-order valence-electron chi connectivity index (χ4n) is 3.40. The maximum Gasteiger partial charge on any atom is 0.265 e. The highest BCUT2D eigenvalue weighted by atomic mass is 35.5. The lowest BCUT2D eigenvalue weighted by Gasteiger charge is -2.18. The molecule has 0 bridgehead atoms. The van der Waals surface area contributed by atoms with Crippen LogP contribution in [0.5, 0.6) is 5.75 Å². The Morgan fingerprint density at radius 1 is 0.971 bits per heavy atom. The Balaban J connectivity index is 1.78. The molecule has 0 saturated carbocycles. The van der Waals surface area contributed by atoms with Crippen LogP contribution in [0.2, 0.25) is 15.1 Å². The van der Waals surface area contributed by atoms with Crippen LogP contribution in [-0.2, 0) is 4.79 Å². The van der Waals surface area contributed by atoms with Crippen LogP contribution >= 0.6 is 34.8 Å². The molecule has 1 amide bonds. The molecule has 0 spiro atoms. The van der Waals surface area contributed by atoms with Crippen molar-refractivity contribution in [2.45, 2.75) is 26.9 Å². The van der Waals surface area contributed by atoms with Crippen LogP contribution in [0.15, 0.2) is 63.8 Å². The molecule has 0 fully saturated rings. The van der Waals surface area contributed by atoms with Crippen molar-refractivity contribution in [2.75, 3.05) is 5.32 Å². The van der Waals surface area contributed by atoms with Gasteiger partial charge in [0.05, 0.1) is 10.4 Å². The van der Waals surface area contributed by atoms with Crippen molar-refractivity contribution in [2.24, 2.45) is 0 Å². The molecule has 174 valence electrons. The number of benzene rings is 3. The number of nitrogens with one attached hydrogen (secondary N) is 1. The third kappa shape index (κ3) is 4.92. The van der Waals surface area contributed by atoms with E-state index in [0.717, 1.165) is 11.1 Å². The molecule has 1 atom stereocenters. The zero-order valence-electron chi connectivity index (χ0n) is 18.5. The van der Waals surface area contributed by atoms with Gasteiger partial charge in [0, 0.05) is 21.3 Å². The molecule has 0 aliphatic heterocycles. The lowest BCUT2D eigenvalue weighted by molar-refractivity contribution is -0.122. The van der Waals surface area contributed by atoms with E-state index in [0.29, 0.717) is 16.3 Å². The number of amides is 1. The molecule has 0 radical (unpaired) electrons. The molecule has 4 aromatic rings. The number of rotatable bonds is 5. The van der Waals surface area contributed by atoms with E-state index in [1.54, 1.807) is 37.3 Å². The van der Waals surface area contributed by atoms with Crippen LogP contribution in [0, 0.1) is 13.8 Å². The molecule has 0 aliphatic rings. The Hall–Kier alpha value is -2.99. The second-order valence-electron chi connectivity index (χ2n) is 7.93. The van der Waals surface area contributed by atoms with E-state index >= 15 is 0 Å². The minimum absolute atomic E-state index is 0.111. The summed E-state index contributed by atoms with van der Waals surface area (Å²) < 4.78 is 12.0. The van der Waals surface area contributed by atoms with Gasteiger partial charge in [0.15, 0.2) is 17.4 Å². The standard InChI is InChI=1S/C26H20Cl3NO4/c1-13-4-7-16(8-5-13)23-25(22(31)19-10-18(28)11-20(29)24(19)34-23)33-15(3)26(32)30-21-12-17(27)9-6-14(21)2/h4-12,15H,1-3H3,(H,30,32). The largest absolute Gasteiger partial charge is 0.473 e. The van der Waals surface area contributed by atoms with Gasteiger partial charge in [-0.15, -0.1) is 0 Å². The molecule has 1 N–H and O–H groups in total. The first-order chi connectivity index (χ1) is 16.1. The van der Waals surface area contributed by atoms with E-state index in [1.165, 1.54) is 12.1 Å². The van der Waals surface area contributed by atoms with Crippen molar-refractivity contribution in [3.8, 4) is 17.1 Å². The zero-order chi connectivity index (χ0) is 24.6. The number of ether oxygens (including phenoxy) is 1. The molecule has 8 heteroatoms. The molecule has 1 aromatic heterocycles. The maximum atomic E-state index is 13.5. The van der Waals surface area contributed by atoms with Gasteiger partial charge in [-0.25, -0.2) is 0 Å². The lowest BCUT2D eigenvalue weighted by Crippen LogP contribution is -2.32. The highest BCUT2D eigenvalue weighted by molar-refractivity contribution is 6.38. The predicted molar refractivity (Wildman–Crippen MR) is 138 cm³/mol. The van der Waals surface area contributed by atoms with Crippen LogP contribution in [-0.4, -0.2) is 12.0 Å². The Morgan fingerprint density at radius 3 is 2.38 bits per heavy atom. The normalized spacial score (nSPS) is 11.9. The molecular formula is C26H20Cl3NO4. The van der Waals surface area contributed by atoms with E-state index < -0.39 is 17.4 Å². The highest BCUT2D eigenvalue weighted by Crippen LogP contribution is 2.35. The molecule has 0 aliphatic carbocycles. The number of aryl methyl sites for hydroxylation is 2. The summed E-state index contributed by atoms with van der Waals surface area (Å²) >= 11 is 18.5. The van der Waals surface area contributed by atoms with Gasteiger partial charge in [0.1, 0.15) is 0 Å². The Bertz CT molecular complexity index is 1460. The van der Waals surface area contributed by atoms with Crippen LogP contribution in [0.3, 0.4) is 0 Å². The van der Waals surface area contributed by atoms with Crippen LogP contribution in [0.1, 0.15) is 18.1 Å². The minimum atomic E-state index is -1.03. The molecule has 3 aromatic carbocycles. The summed E-state index contributed by atoms with van der Waals surface area (Å²) in [5, 5.41) is 3.90. The highest BCUT2D eigenvalue weighted by Gasteiger charge is 2.24. The van der Waals surface area contributed by atoms with Gasteiger partial charge in [-0.05, 0) is 50.6 Å². The van der Waals surface area contributed by atoms with E-state index in [4.69, 9.17) is 44.0 Å². The number of carbonyl (C=O) groups is 1. The number of fused-ring (bicyclic) bond motifs is 1. The minimum Gasteiger partial charge on any atom is -0.473 e. The number of anilines is 1. The van der Waals surface area contributed by atoms with E-state index in [1.807, 2.05) is 26.0 Å². The van der Waals surface area contributed by atoms with Gasteiger partial charge in [-0.3, -0.25) is 9.59 Å². The number of hydrogen-bond acceptors (Lipinski definition) is 4. The fraction of sp³-hybridized carbons (Fsp3) is 0.154. The Labute approximate surface area is 211 Å². The Kier molecular flexibility index (Phi) is 6.89. The first-order valence-electron chi connectivity index (χ1n) is 10.4. The summed E-state index contributed by atoms with van der Waals surface area (Å²) in [7, 11) is 0. The van der Waals surface area contributed by atoms with E-state index in [9.17, 15) is 9.59 Å². The van der Waals surface area contributed by atoms with Crippen molar-refractivity contribution in [1.29, 1.82) is 0 Å². The van der Waals surface area contributed by atoms with Gasteiger partial charge in [-0.2, -0.15) is 0 Å². The van der Waals surface area contributed by atoms with Crippen molar-refractivity contribution >= 4 is 57.4 Å². The first kappa shape index (κ1) is 24.1. The number of halogens is 3. The summed E-state index contributed by atoms with van der Waals surface area (Å²) in [6, 6.07) is 15.5. The topological polar surface area (TPSA) is 68.5 Å². The molecule has 34 heavy (non-hydrogen) atoms. The lowest BCUT2D eigenvalue weighted by atomic mass is 10.1. The van der Waals surface area contributed by atoms with Crippen molar-refractivity contribution in [1.82, 2.24) is 0 Å².